The Morgan fingerprint density at radius 3 is 1.03 bits per heavy atom. The number of halogens is 4. The fourth-order valence-electron chi connectivity index (χ4n) is 4.22. The second-order valence-corrected chi connectivity index (χ2v) is 16.8. The van der Waals surface area contributed by atoms with Gasteiger partial charge >= 0.3 is 0 Å². The summed E-state index contributed by atoms with van der Waals surface area (Å²) >= 11 is 18.6. The first-order valence-electron chi connectivity index (χ1n) is 10.1. The normalized spacial score (nSPS) is 11.6. The Labute approximate surface area is 238 Å². The lowest BCUT2D eigenvalue weighted by molar-refractivity contribution is 1.47. The molecule has 0 fully saturated rings. The second-order valence-electron chi connectivity index (χ2n) is 7.52. The third-order valence-electron chi connectivity index (χ3n) is 5.64. The van der Waals surface area contributed by atoms with Gasteiger partial charge in [0.05, 0.1) is 0 Å². The molecule has 0 unspecified atom stereocenters. The lowest BCUT2D eigenvalue weighted by atomic mass is 10.3. The van der Waals surface area contributed by atoms with Crippen LogP contribution in [0.1, 0.15) is 0 Å². The average molecular weight is 744 g/mol. The molecule has 4 rings (SSSR count). The number of benzene rings is 4. The smallest absolute Gasteiger partial charge is 0.130 e. The van der Waals surface area contributed by atoms with Crippen molar-refractivity contribution < 1.29 is 0 Å². The Bertz CT molecular complexity index is 1130. The summed E-state index contributed by atoms with van der Waals surface area (Å²) < 4.78 is 4.28. The highest BCUT2D eigenvalue weighted by Crippen LogP contribution is 2.23. The van der Waals surface area contributed by atoms with Crippen molar-refractivity contribution in [3.05, 3.63) is 103 Å². The van der Waals surface area contributed by atoms with Crippen LogP contribution in [0, 0.1) is 0 Å². The van der Waals surface area contributed by atoms with Crippen molar-refractivity contribution in [2.75, 3.05) is 12.5 Å². The van der Waals surface area contributed by atoms with E-state index in [-0.39, 0.29) is 0 Å². The molecule has 0 aliphatic carbocycles. The molecular weight excluding hydrogens is 724 g/mol. The van der Waals surface area contributed by atoms with Crippen molar-refractivity contribution in [3.8, 4) is 0 Å². The highest BCUT2D eigenvalue weighted by atomic mass is 79.9. The summed E-state index contributed by atoms with van der Waals surface area (Å²) in [6, 6.07) is 31.6. The van der Waals surface area contributed by atoms with Crippen LogP contribution in [0.3, 0.4) is 0 Å². The first-order chi connectivity index (χ1) is 15.9. The van der Waals surface area contributed by atoms with E-state index in [4.69, 9.17) is 0 Å². The molecule has 0 heterocycles. The van der Waals surface area contributed by atoms with E-state index in [0.717, 1.165) is 17.9 Å². The fraction of sp³-hybridized carbons (Fsp3) is 0.0769. The predicted molar refractivity (Wildman–Crippen MR) is 164 cm³/mol. The maximum absolute atomic E-state index is 3.76. The molecule has 0 atom stereocenters. The standard InChI is InChI=1S/C26H20Br4S2Si/c1-31-21-3-7-23(8-4-21)33(24-9-5-22(32-2)6-10-24,25-13-17(27)11-18(28)14-25)26-15-19(29)12-20(30)16-26/h3-16H,1-2H3. The van der Waals surface area contributed by atoms with E-state index in [1.807, 2.05) is 0 Å². The maximum Gasteiger partial charge on any atom is 0.179 e. The van der Waals surface area contributed by atoms with Gasteiger partial charge in [-0.3, -0.25) is 0 Å². The van der Waals surface area contributed by atoms with E-state index in [1.54, 1.807) is 23.5 Å². The van der Waals surface area contributed by atoms with Gasteiger partial charge in [0.25, 0.3) is 0 Å². The molecular formula is C26H20Br4S2Si. The van der Waals surface area contributed by atoms with Gasteiger partial charge in [0, 0.05) is 27.7 Å². The number of thioether (sulfide) groups is 2. The number of hydrogen-bond donors (Lipinski definition) is 0. The van der Waals surface area contributed by atoms with Crippen LogP contribution in [0.25, 0.3) is 0 Å². The Morgan fingerprint density at radius 2 is 0.758 bits per heavy atom. The molecule has 0 saturated carbocycles. The quantitative estimate of drug-likeness (QED) is 0.114. The fourth-order valence-corrected chi connectivity index (χ4v) is 13.3. The molecule has 0 aliphatic heterocycles. The summed E-state index contributed by atoms with van der Waals surface area (Å²) in [7, 11) is -2.64. The molecule has 4 aromatic rings. The van der Waals surface area contributed by atoms with E-state index in [0.29, 0.717) is 0 Å². The highest BCUT2D eigenvalue weighted by Gasteiger charge is 2.42. The number of hydrogen-bond acceptors (Lipinski definition) is 2. The van der Waals surface area contributed by atoms with Crippen LogP contribution >= 0.6 is 87.2 Å². The average Bonchev–Trinajstić information content (AvgIpc) is 2.79. The summed E-state index contributed by atoms with van der Waals surface area (Å²) in [6.45, 7) is 0. The maximum atomic E-state index is 3.76. The molecule has 0 nitrogen and oxygen atoms in total. The molecule has 0 amide bonds. The Balaban J connectivity index is 2.16. The van der Waals surface area contributed by atoms with Gasteiger partial charge in [-0.15, -0.1) is 23.5 Å². The summed E-state index contributed by atoms with van der Waals surface area (Å²) in [5, 5.41) is 5.35. The zero-order valence-electron chi connectivity index (χ0n) is 17.9. The van der Waals surface area contributed by atoms with Gasteiger partial charge in [0.15, 0.2) is 8.07 Å². The summed E-state index contributed by atoms with van der Waals surface area (Å²) in [4.78, 5) is 2.54. The minimum Gasteiger partial charge on any atom is -0.130 e. The third-order valence-corrected chi connectivity index (χ3v) is 13.7. The second kappa shape index (κ2) is 11.2. The lowest BCUT2D eigenvalue weighted by Crippen LogP contribution is -2.74. The predicted octanol–water partition coefficient (Wildman–Crippen LogP) is 7.56. The van der Waals surface area contributed by atoms with Gasteiger partial charge in [-0.2, -0.15) is 0 Å². The van der Waals surface area contributed by atoms with E-state index in [2.05, 4.69) is 161 Å². The summed E-state index contributed by atoms with van der Waals surface area (Å²) in [6.07, 6.45) is 4.25. The van der Waals surface area contributed by atoms with E-state index in [9.17, 15) is 0 Å². The van der Waals surface area contributed by atoms with Gasteiger partial charge < -0.3 is 0 Å². The van der Waals surface area contributed by atoms with Crippen LogP contribution in [0.15, 0.2) is 113 Å². The highest BCUT2D eigenvalue weighted by molar-refractivity contribution is 9.11. The van der Waals surface area contributed by atoms with Crippen LogP contribution in [-0.2, 0) is 0 Å². The van der Waals surface area contributed by atoms with Crippen LogP contribution in [0.5, 0.6) is 0 Å². The Morgan fingerprint density at radius 1 is 0.455 bits per heavy atom. The molecule has 0 radical (unpaired) electrons. The van der Waals surface area contributed by atoms with Crippen molar-refractivity contribution in [1.82, 2.24) is 0 Å². The monoisotopic (exact) mass is 740 g/mol. The SMILES string of the molecule is CSc1ccc([Si](c2ccc(SC)cc2)(c2cc(Br)cc(Br)c2)c2cc(Br)cc(Br)c2)cc1. The first kappa shape index (κ1) is 25.8. The van der Waals surface area contributed by atoms with Crippen molar-refractivity contribution in [2.24, 2.45) is 0 Å². The van der Waals surface area contributed by atoms with Crippen LogP contribution in [0.4, 0.5) is 0 Å². The zero-order valence-corrected chi connectivity index (χ0v) is 26.9. The van der Waals surface area contributed by atoms with E-state index in [1.165, 1.54) is 30.5 Å². The van der Waals surface area contributed by atoms with Crippen molar-refractivity contribution in [3.63, 3.8) is 0 Å². The van der Waals surface area contributed by atoms with E-state index < -0.39 is 8.07 Å². The zero-order chi connectivity index (χ0) is 23.6. The van der Waals surface area contributed by atoms with Crippen molar-refractivity contribution in [1.29, 1.82) is 0 Å². The van der Waals surface area contributed by atoms with Crippen molar-refractivity contribution in [2.45, 2.75) is 9.79 Å². The van der Waals surface area contributed by atoms with Gasteiger partial charge in [0.1, 0.15) is 0 Å². The summed E-state index contributed by atoms with van der Waals surface area (Å²) in [5.74, 6) is 0. The molecule has 0 N–H and O–H groups in total. The molecule has 33 heavy (non-hydrogen) atoms. The van der Waals surface area contributed by atoms with Gasteiger partial charge in [-0.1, -0.05) is 88.0 Å². The Kier molecular flexibility index (Phi) is 8.75. The molecule has 0 aromatic heterocycles. The first-order valence-corrected chi connectivity index (χ1v) is 17.7. The van der Waals surface area contributed by atoms with Gasteiger partial charge in [-0.25, -0.2) is 0 Å². The lowest BCUT2D eigenvalue weighted by Gasteiger charge is -2.35. The van der Waals surface area contributed by atoms with Crippen molar-refractivity contribution >= 4 is 116 Å². The molecule has 0 aliphatic rings. The van der Waals surface area contributed by atoms with E-state index >= 15 is 0 Å². The largest absolute Gasteiger partial charge is 0.179 e. The van der Waals surface area contributed by atoms with Gasteiger partial charge in [0.2, 0.25) is 0 Å². The minimum absolute atomic E-state index is 1.07. The molecule has 0 spiro atoms. The minimum atomic E-state index is -2.64. The molecule has 0 bridgehead atoms. The molecule has 0 saturated heterocycles. The van der Waals surface area contributed by atoms with Crippen LogP contribution in [0.2, 0.25) is 0 Å². The van der Waals surface area contributed by atoms with Crippen LogP contribution < -0.4 is 20.7 Å². The topological polar surface area (TPSA) is 0 Å². The third kappa shape index (κ3) is 5.45. The van der Waals surface area contributed by atoms with Crippen LogP contribution in [-0.4, -0.2) is 20.6 Å². The molecule has 4 aromatic carbocycles. The molecule has 168 valence electrons. The number of rotatable bonds is 6. The van der Waals surface area contributed by atoms with Gasteiger partial charge in [-0.05, 0) is 93.9 Å². The Hall–Kier alpha value is -0.283. The molecule has 7 heteroatoms. The summed E-state index contributed by atoms with van der Waals surface area (Å²) in [5.41, 5.74) is 0.